The van der Waals surface area contributed by atoms with Crippen LogP contribution >= 0.6 is 11.3 Å². The summed E-state index contributed by atoms with van der Waals surface area (Å²) in [5.41, 5.74) is 0.968. The van der Waals surface area contributed by atoms with Crippen molar-refractivity contribution in [2.75, 3.05) is 4.90 Å². The number of carbonyl (C=O) groups is 1. The number of hydrogen-bond donors (Lipinski definition) is 0. The number of carbonyl (C=O) groups excluding carboxylic acids is 1. The SMILES string of the molecule is CCCC(=O)N(c1nnc(-c2ccncc2)s1)C(C)C. The summed E-state index contributed by atoms with van der Waals surface area (Å²) in [5, 5.41) is 9.81. The Labute approximate surface area is 122 Å². The molecule has 2 heterocycles. The average Bonchev–Trinajstić information content (AvgIpc) is 2.89. The molecular weight excluding hydrogens is 272 g/mol. The van der Waals surface area contributed by atoms with E-state index in [1.165, 1.54) is 11.3 Å². The Bertz CT molecular complexity index is 568. The van der Waals surface area contributed by atoms with Crippen LogP contribution in [0.1, 0.15) is 33.6 Å². The van der Waals surface area contributed by atoms with Crippen molar-refractivity contribution in [3.05, 3.63) is 24.5 Å². The molecule has 0 aromatic carbocycles. The molecule has 2 aromatic rings. The molecule has 0 atom stereocenters. The van der Waals surface area contributed by atoms with Gasteiger partial charge in [0.2, 0.25) is 11.0 Å². The topological polar surface area (TPSA) is 59.0 Å². The maximum atomic E-state index is 12.2. The molecule has 0 bridgehead atoms. The third kappa shape index (κ3) is 3.19. The lowest BCUT2D eigenvalue weighted by Gasteiger charge is -2.23. The van der Waals surface area contributed by atoms with Crippen molar-refractivity contribution in [3.63, 3.8) is 0 Å². The number of rotatable bonds is 5. The summed E-state index contributed by atoms with van der Waals surface area (Å²) >= 11 is 1.43. The third-order valence-corrected chi connectivity index (χ3v) is 3.77. The first kappa shape index (κ1) is 14.6. The fourth-order valence-corrected chi connectivity index (χ4v) is 2.87. The summed E-state index contributed by atoms with van der Waals surface area (Å²) in [5.74, 6) is 0.0972. The maximum Gasteiger partial charge on any atom is 0.229 e. The Balaban J connectivity index is 2.28. The van der Waals surface area contributed by atoms with Crippen LogP contribution in [0.2, 0.25) is 0 Å². The fraction of sp³-hybridized carbons (Fsp3) is 0.429. The smallest absolute Gasteiger partial charge is 0.229 e. The lowest BCUT2D eigenvalue weighted by atomic mass is 10.2. The summed E-state index contributed by atoms with van der Waals surface area (Å²) in [6.45, 7) is 5.97. The zero-order valence-electron chi connectivity index (χ0n) is 11.9. The Morgan fingerprint density at radius 1 is 1.30 bits per heavy atom. The van der Waals surface area contributed by atoms with E-state index in [4.69, 9.17) is 0 Å². The average molecular weight is 290 g/mol. The molecule has 2 rings (SSSR count). The van der Waals surface area contributed by atoms with Gasteiger partial charge in [-0.2, -0.15) is 0 Å². The van der Waals surface area contributed by atoms with Crippen LogP contribution < -0.4 is 4.90 Å². The molecule has 0 fully saturated rings. The van der Waals surface area contributed by atoms with E-state index in [1.54, 1.807) is 17.3 Å². The molecule has 0 saturated carbocycles. The van der Waals surface area contributed by atoms with Crippen molar-refractivity contribution in [2.24, 2.45) is 0 Å². The second kappa shape index (κ2) is 6.56. The van der Waals surface area contributed by atoms with Gasteiger partial charge in [-0.05, 0) is 32.4 Å². The van der Waals surface area contributed by atoms with E-state index in [9.17, 15) is 4.79 Å². The zero-order chi connectivity index (χ0) is 14.5. The summed E-state index contributed by atoms with van der Waals surface area (Å²) in [6.07, 6.45) is 4.80. The van der Waals surface area contributed by atoms with Gasteiger partial charge < -0.3 is 0 Å². The van der Waals surface area contributed by atoms with Gasteiger partial charge in [-0.25, -0.2) is 0 Å². The van der Waals surface area contributed by atoms with E-state index in [-0.39, 0.29) is 11.9 Å². The number of hydrogen-bond acceptors (Lipinski definition) is 5. The molecule has 6 heteroatoms. The van der Waals surface area contributed by atoms with E-state index in [2.05, 4.69) is 15.2 Å². The Morgan fingerprint density at radius 3 is 2.60 bits per heavy atom. The molecule has 2 aromatic heterocycles. The Morgan fingerprint density at radius 2 is 2.00 bits per heavy atom. The molecular formula is C14H18N4OS. The predicted molar refractivity (Wildman–Crippen MR) is 80.7 cm³/mol. The molecule has 106 valence electrons. The molecule has 0 aliphatic rings. The highest BCUT2D eigenvalue weighted by atomic mass is 32.1. The largest absolute Gasteiger partial charge is 0.284 e. The first-order valence-electron chi connectivity index (χ1n) is 6.69. The monoisotopic (exact) mass is 290 g/mol. The van der Waals surface area contributed by atoms with Gasteiger partial charge in [0, 0.05) is 30.4 Å². The number of nitrogens with zero attached hydrogens (tertiary/aromatic N) is 4. The lowest BCUT2D eigenvalue weighted by molar-refractivity contribution is -0.119. The van der Waals surface area contributed by atoms with Gasteiger partial charge in [0.1, 0.15) is 5.01 Å². The van der Waals surface area contributed by atoms with E-state index >= 15 is 0 Å². The van der Waals surface area contributed by atoms with E-state index < -0.39 is 0 Å². The fourth-order valence-electron chi connectivity index (χ4n) is 1.87. The molecule has 5 nitrogen and oxygen atoms in total. The van der Waals surface area contributed by atoms with Crippen LogP contribution in [0.5, 0.6) is 0 Å². The zero-order valence-corrected chi connectivity index (χ0v) is 12.7. The summed E-state index contributed by atoms with van der Waals surface area (Å²) < 4.78 is 0. The minimum atomic E-state index is 0.0762. The minimum Gasteiger partial charge on any atom is -0.284 e. The summed E-state index contributed by atoms with van der Waals surface area (Å²) in [6, 6.07) is 3.85. The van der Waals surface area contributed by atoms with Gasteiger partial charge >= 0.3 is 0 Å². The van der Waals surface area contributed by atoms with Crippen molar-refractivity contribution in [2.45, 2.75) is 39.7 Å². The van der Waals surface area contributed by atoms with Gasteiger partial charge in [-0.1, -0.05) is 18.3 Å². The standard InChI is InChI=1S/C14H18N4OS/c1-4-5-12(19)18(10(2)3)14-17-16-13(20-14)11-6-8-15-9-7-11/h6-10H,4-5H2,1-3H3. The van der Waals surface area contributed by atoms with Crippen LogP contribution in [0.4, 0.5) is 5.13 Å². The van der Waals surface area contributed by atoms with Crippen molar-refractivity contribution >= 4 is 22.4 Å². The highest BCUT2D eigenvalue weighted by Gasteiger charge is 2.22. The summed E-state index contributed by atoms with van der Waals surface area (Å²) in [7, 11) is 0. The molecule has 20 heavy (non-hydrogen) atoms. The van der Waals surface area contributed by atoms with Crippen molar-refractivity contribution in [1.29, 1.82) is 0 Å². The molecule has 0 N–H and O–H groups in total. The molecule has 0 aliphatic carbocycles. The lowest BCUT2D eigenvalue weighted by Crippen LogP contribution is -2.36. The maximum absolute atomic E-state index is 12.2. The molecule has 0 unspecified atom stereocenters. The van der Waals surface area contributed by atoms with Crippen molar-refractivity contribution in [3.8, 4) is 10.6 Å². The van der Waals surface area contributed by atoms with Gasteiger partial charge in [0.15, 0.2) is 0 Å². The van der Waals surface area contributed by atoms with Gasteiger partial charge in [-0.15, -0.1) is 10.2 Å². The molecule has 0 saturated heterocycles. The molecule has 0 radical (unpaired) electrons. The summed E-state index contributed by atoms with van der Waals surface area (Å²) in [4.78, 5) is 17.9. The van der Waals surface area contributed by atoms with Crippen molar-refractivity contribution in [1.82, 2.24) is 15.2 Å². The molecule has 0 aliphatic heterocycles. The number of anilines is 1. The van der Waals surface area contributed by atoms with Crippen LogP contribution in [0, 0.1) is 0 Å². The van der Waals surface area contributed by atoms with Crippen LogP contribution in [0.3, 0.4) is 0 Å². The van der Waals surface area contributed by atoms with Crippen LogP contribution in [-0.2, 0) is 4.79 Å². The Hall–Kier alpha value is -1.82. The number of pyridine rings is 1. The van der Waals surface area contributed by atoms with Gasteiger partial charge in [0.05, 0.1) is 0 Å². The third-order valence-electron chi connectivity index (χ3n) is 2.80. The highest BCUT2D eigenvalue weighted by Crippen LogP contribution is 2.29. The first-order valence-corrected chi connectivity index (χ1v) is 7.51. The first-order chi connectivity index (χ1) is 9.63. The minimum absolute atomic E-state index is 0.0762. The van der Waals surface area contributed by atoms with Gasteiger partial charge in [-0.3, -0.25) is 14.7 Å². The molecule has 1 amide bonds. The second-order valence-corrected chi connectivity index (χ2v) is 5.69. The number of aromatic nitrogens is 3. The van der Waals surface area contributed by atoms with Gasteiger partial charge in [0.25, 0.3) is 0 Å². The Kier molecular flexibility index (Phi) is 4.79. The van der Waals surface area contributed by atoms with E-state index in [0.29, 0.717) is 11.6 Å². The van der Waals surface area contributed by atoms with Crippen LogP contribution in [0.15, 0.2) is 24.5 Å². The van der Waals surface area contributed by atoms with E-state index in [1.807, 2.05) is 32.9 Å². The quantitative estimate of drug-likeness (QED) is 0.848. The van der Waals surface area contributed by atoms with Crippen molar-refractivity contribution < 1.29 is 4.79 Å². The highest BCUT2D eigenvalue weighted by molar-refractivity contribution is 7.18. The van der Waals surface area contributed by atoms with E-state index in [0.717, 1.165) is 17.0 Å². The molecule has 0 spiro atoms. The number of amides is 1. The second-order valence-electron chi connectivity index (χ2n) is 4.73. The van der Waals surface area contributed by atoms with Crippen LogP contribution in [0.25, 0.3) is 10.6 Å². The predicted octanol–water partition coefficient (Wildman–Crippen LogP) is 3.14. The van der Waals surface area contributed by atoms with Crippen LogP contribution in [-0.4, -0.2) is 27.1 Å². The normalized spacial score (nSPS) is 10.8.